The van der Waals surface area contributed by atoms with Crippen molar-refractivity contribution in [3.63, 3.8) is 0 Å². The van der Waals surface area contributed by atoms with Gasteiger partial charge in [-0.3, -0.25) is 9.28 Å². The molecule has 0 saturated heterocycles. The van der Waals surface area contributed by atoms with Crippen LogP contribution in [0.3, 0.4) is 0 Å². The van der Waals surface area contributed by atoms with Crippen LogP contribution in [0.1, 0.15) is 21.5 Å². The number of H-pyrrole nitrogens is 1. The Balaban J connectivity index is 1.83. The largest absolute Gasteiger partial charge is 0.491 e. The highest BCUT2D eigenvalue weighted by molar-refractivity contribution is 6.09. The van der Waals surface area contributed by atoms with Gasteiger partial charge in [-0.15, -0.1) is 0 Å². The van der Waals surface area contributed by atoms with E-state index in [0.29, 0.717) is 37.6 Å². The predicted octanol–water partition coefficient (Wildman–Crippen LogP) is 5.41. The quantitative estimate of drug-likeness (QED) is 0.262. The van der Waals surface area contributed by atoms with Crippen molar-refractivity contribution >= 4 is 22.4 Å². The smallest absolute Gasteiger partial charge is 0.169 e. The van der Waals surface area contributed by atoms with Gasteiger partial charge in [0, 0.05) is 46.8 Å². The van der Waals surface area contributed by atoms with Gasteiger partial charge in [-0.05, 0) is 42.3 Å². The molecule has 4 aromatic rings. The predicted molar refractivity (Wildman–Crippen MR) is 135 cm³/mol. The first-order valence-electron chi connectivity index (χ1n) is 11.4. The third-order valence-electron chi connectivity index (χ3n) is 6.14. The number of rotatable bonds is 8. The number of aromatic amines is 1. The molecule has 4 rings (SSSR count). The molecule has 1 heterocycles. The van der Waals surface area contributed by atoms with Crippen molar-refractivity contribution < 1.29 is 23.4 Å². The molecule has 5 nitrogen and oxygen atoms in total. The molecule has 1 aromatic heterocycles. The normalized spacial score (nSPS) is 11.7. The Labute approximate surface area is 203 Å². The van der Waals surface area contributed by atoms with Crippen LogP contribution in [0.2, 0.25) is 0 Å². The van der Waals surface area contributed by atoms with Crippen molar-refractivity contribution in [3.05, 3.63) is 83.1 Å². The summed E-state index contributed by atoms with van der Waals surface area (Å²) in [5, 5.41) is 9.90. The Morgan fingerprint density at radius 1 is 1.09 bits per heavy atom. The average molecular weight is 480 g/mol. The highest BCUT2D eigenvalue weighted by Gasteiger charge is 2.22. The number of halogens is 2. The maximum absolute atomic E-state index is 14.7. The monoisotopic (exact) mass is 479 g/mol. The number of nitrogens with one attached hydrogen (secondary N) is 1. The summed E-state index contributed by atoms with van der Waals surface area (Å²) < 4.78 is 34.9. The molecule has 0 amide bonds. The molecular weight excluding hydrogens is 450 g/mol. The number of ketones is 1. The fourth-order valence-corrected chi connectivity index (χ4v) is 4.23. The zero-order valence-electron chi connectivity index (χ0n) is 20.3. The zero-order valence-corrected chi connectivity index (χ0v) is 20.3. The standard InChI is InChI=1S/C28H28F2N2O3/c1-17-25(30)9-8-21-24(16-31-28(17)21)26(34)15-23-22(13-19(29)14-27(23)35-11-10-33)18-6-5-7-20(12-18)32(2,3)4/h5-9,12-14,16,33H,10-11,15H2,1-4H3/p+1. The van der Waals surface area contributed by atoms with Crippen LogP contribution in [0.15, 0.2) is 54.7 Å². The molecule has 0 atom stereocenters. The molecule has 35 heavy (non-hydrogen) atoms. The fraction of sp³-hybridized carbons (Fsp3) is 0.250. The molecule has 7 heteroatoms. The van der Waals surface area contributed by atoms with E-state index in [1.54, 1.807) is 19.2 Å². The molecule has 0 radical (unpaired) electrons. The highest BCUT2D eigenvalue weighted by Crippen LogP contribution is 2.36. The van der Waals surface area contributed by atoms with Gasteiger partial charge in [0.15, 0.2) is 5.78 Å². The summed E-state index contributed by atoms with van der Waals surface area (Å²) in [5.74, 6) is -0.860. The summed E-state index contributed by atoms with van der Waals surface area (Å²) in [7, 11) is 6.10. The van der Waals surface area contributed by atoms with Crippen molar-refractivity contribution in [3.8, 4) is 16.9 Å². The van der Waals surface area contributed by atoms with Crippen LogP contribution in [0.5, 0.6) is 5.75 Å². The number of hydrogen-bond donors (Lipinski definition) is 2. The van der Waals surface area contributed by atoms with Crippen molar-refractivity contribution in [2.45, 2.75) is 13.3 Å². The second-order valence-corrected chi connectivity index (χ2v) is 9.46. The first kappa shape index (κ1) is 24.6. The number of Topliss-reactive ketones (excluding diaryl/α,β-unsaturated/α-hetero) is 1. The number of aryl methyl sites for hydroxylation is 1. The number of nitrogens with zero attached hydrogens (tertiary/aromatic N) is 1. The molecule has 3 aromatic carbocycles. The van der Waals surface area contributed by atoms with Crippen LogP contribution < -0.4 is 9.22 Å². The van der Waals surface area contributed by atoms with Crippen molar-refractivity contribution in [2.24, 2.45) is 0 Å². The van der Waals surface area contributed by atoms with Crippen molar-refractivity contribution in [1.82, 2.24) is 9.47 Å². The summed E-state index contributed by atoms with van der Waals surface area (Å²) in [5.41, 5.74) is 4.26. The topological polar surface area (TPSA) is 62.3 Å². The Bertz CT molecular complexity index is 1400. The van der Waals surface area contributed by atoms with E-state index >= 15 is 0 Å². The lowest BCUT2D eigenvalue weighted by Gasteiger charge is -2.24. The number of carbonyl (C=O) groups is 1. The Kier molecular flexibility index (Phi) is 6.74. The maximum atomic E-state index is 14.7. The molecular formula is C28H29F2N2O3+. The van der Waals surface area contributed by atoms with Gasteiger partial charge in [-0.2, -0.15) is 0 Å². The first-order valence-corrected chi connectivity index (χ1v) is 11.4. The van der Waals surface area contributed by atoms with E-state index in [4.69, 9.17) is 4.74 Å². The summed E-state index contributed by atoms with van der Waals surface area (Å²) in [6.45, 7) is 1.38. The molecule has 2 N–H and O–H groups in total. The third-order valence-corrected chi connectivity index (χ3v) is 6.14. The van der Waals surface area contributed by atoms with Gasteiger partial charge in [-0.1, -0.05) is 12.1 Å². The minimum atomic E-state index is -0.502. The van der Waals surface area contributed by atoms with E-state index in [1.165, 1.54) is 18.2 Å². The average Bonchev–Trinajstić information content (AvgIpc) is 3.25. The number of aliphatic hydroxyl groups is 1. The van der Waals surface area contributed by atoms with Crippen LogP contribution in [-0.2, 0) is 6.42 Å². The van der Waals surface area contributed by atoms with Gasteiger partial charge in [-0.25, -0.2) is 8.78 Å². The van der Waals surface area contributed by atoms with Crippen LogP contribution >= 0.6 is 0 Å². The number of quaternary nitrogens is 1. The summed E-state index contributed by atoms with van der Waals surface area (Å²) in [6.07, 6.45) is 1.52. The van der Waals surface area contributed by atoms with Crippen LogP contribution in [-0.4, -0.2) is 50.2 Å². The molecule has 0 aliphatic heterocycles. The van der Waals surface area contributed by atoms with Gasteiger partial charge >= 0.3 is 0 Å². The molecule has 0 aliphatic rings. The molecule has 0 bridgehead atoms. The van der Waals surface area contributed by atoms with Gasteiger partial charge < -0.3 is 14.8 Å². The SMILES string of the molecule is Cc1c(F)ccc2c(C(=O)Cc3c(OCCO)cc(F)cc3-c3cccc([N+](C)(C)C)c3)c[nH]c12. The lowest BCUT2D eigenvalue weighted by Crippen LogP contribution is -2.34. The first-order chi connectivity index (χ1) is 16.6. The lowest BCUT2D eigenvalue weighted by molar-refractivity contribution is 0.0993. The van der Waals surface area contributed by atoms with E-state index in [1.807, 2.05) is 45.4 Å². The van der Waals surface area contributed by atoms with Crippen LogP contribution in [0.4, 0.5) is 14.5 Å². The Morgan fingerprint density at radius 2 is 1.86 bits per heavy atom. The third kappa shape index (κ3) is 4.97. The number of ether oxygens (including phenoxy) is 1. The van der Waals surface area contributed by atoms with E-state index in [0.717, 1.165) is 11.3 Å². The number of fused-ring (bicyclic) bond motifs is 1. The zero-order chi connectivity index (χ0) is 25.3. The molecule has 0 unspecified atom stereocenters. The van der Waals surface area contributed by atoms with Crippen molar-refractivity contribution in [1.29, 1.82) is 0 Å². The van der Waals surface area contributed by atoms with E-state index in [-0.39, 0.29) is 37.0 Å². The van der Waals surface area contributed by atoms with E-state index in [9.17, 15) is 18.7 Å². The maximum Gasteiger partial charge on any atom is 0.169 e. The number of aromatic nitrogens is 1. The van der Waals surface area contributed by atoms with E-state index < -0.39 is 5.82 Å². The van der Waals surface area contributed by atoms with E-state index in [2.05, 4.69) is 4.98 Å². The second-order valence-electron chi connectivity index (χ2n) is 9.46. The van der Waals surface area contributed by atoms with Gasteiger partial charge in [0.05, 0.1) is 33.3 Å². The minimum Gasteiger partial charge on any atom is -0.491 e. The fourth-order valence-electron chi connectivity index (χ4n) is 4.23. The number of aliphatic hydroxyl groups excluding tert-OH is 1. The van der Waals surface area contributed by atoms with Gasteiger partial charge in [0.1, 0.15) is 29.7 Å². The molecule has 182 valence electrons. The lowest BCUT2D eigenvalue weighted by atomic mass is 9.92. The summed E-state index contributed by atoms with van der Waals surface area (Å²) in [6, 6.07) is 13.3. The highest BCUT2D eigenvalue weighted by atomic mass is 19.1. The Hall–Kier alpha value is -3.55. The second kappa shape index (κ2) is 9.60. The van der Waals surface area contributed by atoms with Crippen LogP contribution in [0, 0.1) is 18.6 Å². The molecule has 0 fully saturated rings. The number of hydrogen-bond acceptors (Lipinski definition) is 3. The van der Waals surface area contributed by atoms with Crippen LogP contribution in [0.25, 0.3) is 22.0 Å². The number of benzene rings is 3. The molecule has 0 spiro atoms. The number of carbonyl (C=O) groups excluding carboxylic acids is 1. The summed E-state index contributed by atoms with van der Waals surface area (Å²) >= 11 is 0. The van der Waals surface area contributed by atoms with Crippen molar-refractivity contribution in [2.75, 3.05) is 34.4 Å². The van der Waals surface area contributed by atoms with Gasteiger partial charge in [0.2, 0.25) is 0 Å². The molecule has 0 aliphatic carbocycles. The molecule has 0 saturated carbocycles. The Morgan fingerprint density at radius 3 is 2.57 bits per heavy atom. The minimum absolute atomic E-state index is 0.0332. The summed E-state index contributed by atoms with van der Waals surface area (Å²) in [4.78, 5) is 16.5. The van der Waals surface area contributed by atoms with Gasteiger partial charge in [0.25, 0.3) is 0 Å².